The Labute approximate surface area is 163 Å². The Morgan fingerprint density at radius 1 is 1.14 bits per heavy atom. The molecule has 0 aromatic rings. The van der Waals surface area contributed by atoms with Gasteiger partial charge in [0.25, 0.3) is 0 Å². The molecule has 28 heavy (non-hydrogen) atoms. The zero-order chi connectivity index (χ0) is 21.1. The van der Waals surface area contributed by atoms with Crippen LogP contribution in [-0.2, 0) is 19.0 Å². The van der Waals surface area contributed by atoms with Crippen molar-refractivity contribution < 1.29 is 44.5 Å². The fourth-order valence-electron chi connectivity index (χ4n) is 4.65. The van der Waals surface area contributed by atoms with Crippen molar-refractivity contribution in [3.05, 3.63) is 12.2 Å². The molecule has 9 nitrogen and oxygen atoms in total. The summed E-state index contributed by atoms with van der Waals surface area (Å²) in [6, 6.07) is 0. The fraction of sp³-hybridized carbons (Fsp3) is 0.842. The molecule has 9 heteroatoms. The van der Waals surface area contributed by atoms with Crippen molar-refractivity contribution in [2.24, 2.45) is 5.41 Å². The maximum atomic E-state index is 11.4. The van der Waals surface area contributed by atoms with Gasteiger partial charge in [-0.05, 0) is 26.0 Å². The molecular formula is C19H30O9. The molecular weight excluding hydrogens is 372 g/mol. The maximum absolute atomic E-state index is 11.4. The normalized spacial score (nSPS) is 50.4. The number of epoxide rings is 1. The number of allylic oxidation sites excluding steroid dienone is 1. The highest BCUT2D eigenvalue weighted by molar-refractivity contribution is 5.87. The number of rotatable bonds is 5. The first-order valence-electron chi connectivity index (χ1n) is 9.44. The molecule has 0 amide bonds. The number of aliphatic hydroxyl groups excluding tert-OH is 5. The molecule has 2 saturated heterocycles. The minimum atomic E-state index is -1.56. The SMILES string of the molecule is CC(=O)/C=C/[C@@]12O[C@]1(C)C[C@@H](O[C@@H]1O[C@H](CO)[C@@H](O)[C@H](O)[C@H]1O)[C@@H](O)C2(C)C. The van der Waals surface area contributed by atoms with E-state index in [2.05, 4.69) is 0 Å². The van der Waals surface area contributed by atoms with Crippen LogP contribution in [0.15, 0.2) is 12.2 Å². The lowest BCUT2D eigenvalue weighted by Gasteiger charge is -2.47. The number of ether oxygens (including phenoxy) is 3. The summed E-state index contributed by atoms with van der Waals surface area (Å²) in [6.07, 6.45) is -5.50. The molecule has 1 saturated carbocycles. The second-order valence-electron chi connectivity index (χ2n) is 8.76. The van der Waals surface area contributed by atoms with Crippen LogP contribution in [-0.4, -0.2) is 92.0 Å². The van der Waals surface area contributed by atoms with E-state index in [9.17, 15) is 30.3 Å². The third kappa shape index (κ3) is 3.14. The van der Waals surface area contributed by atoms with Gasteiger partial charge in [0.2, 0.25) is 0 Å². The van der Waals surface area contributed by atoms with Gasteiger partial charge >= 0.3 is 0 Å². The van der Waals surface area contributed by atoms with E-state index >= 15 is 0 Å². The number of aliphatic hydroxyl groups is 5. The largest absolute Gasteiger partial charge is 0.394 e. The van der Waals surface area contributed by atoms with E-state index in [4.69, 9.17) is 14.2 Å². The summed E-state index contributed by atoms with van der Waals surface area (Å²) in [4.78, 5) is 11.4. The quantitative estimate of drug-likeness (QED) is 0.277. The number of fused-ring (bicyclic) bond motifs is 1. The van der Waals surface area contributed by atoms with Crippen molar-refractivity contribution in [1.82, 2.24) is 0 Å². The molecule has 3 aliphatic rings. The molecule has 0 aromatic carbocycles. The minimum Gasteiger partial charge on any atom is -0.394 e. The van der Waals surface area contributed by atoms with Gasteiger partial charge in [-0.2, -0.15) is 0 Å². The Hall–Kier alpha value is -0.910. The number of hydrogen-bond acceptors (Lipinski definition) is 9. The van der Waals surface area contributed by atoms with Crippen LogP contribution in [0.25, 0.3) is 0 Å². The van der Waals surface area contributed by atoms with Gasteiger partial charge in [0.15, 0.2) is 12.1 Å². The van der Waals surface area contributed by atoms with Crippen molar-refractivity contribution in [2.45, 2.75) is 88.2 Å². The van der Waals surface area contributed by atoms with E-state index in [0.29, 0.717) is 0 Å². The van der Waals surface area contributed by atoms with Crippen LogP contribution < -0.4 is 0 Å². The van der Waals surface area contributed by atoms with Crippen LogP contribution in [0, 0.1) is 5.41 Å². The standard InChI is InChI=1S/C19H30O9/c1-9(21)5-6-19-17(2,3)15(25)10(7-18(19,4)28-19)26-16-14(24)13(23)12(22)11(8-20)27-16/h5-6,10-16,20,22-25H,7-8H2,1-4H3/b6-5+/t10-,11-,12-,13+,14-,15-,16-,18-,19+/m1/s1. The Balaban J connectivity index is 1.80. The average Bonchev–Trinajstić information content (AvgIpc) is 3.25. The predicted molar refractivity (Wildman–Crippen MR) is 95.1 cm³/mol. The molecule has 3 fully saturated rings. The molecule has 3 rings (SSSR count). The first-order chi connectivity index (χ1) is 12.9. The molecule has 1 aliphatic carbocycles. The lowest BCUT2D eigenvalue weighted by Crippen LogP contribution is -2.62. The van der Waals surface area contributed by atoms with E-state index in [-0.39, 0.29) is 12.2 Å². The van der Waals surface area contributed by atoms with E-state index < -0.39 is 66.1 Å². The third-order valence-electron chi connectivity index (χ3n) is 6.48. The molecule has 0 unspecified atom stereocenters. The van der Waals surface area contributed by atoms with Crippen LogP contribution in [0.3, 0.4) is 0 Å². The molecule has 5 N–H and O–H groups in total. The topological polar surface area (TPSA) is 149 Å². The molecule has 0 bridgehead atoms. The summed E-state index contributed by atoms with van der Waals surface area (Å²) in [5.41, 5.74) is -2.36. The lowest BCUT2D eigenvalue weighted by atomic mass is 9.61. The molecule has 2 heterocycles. The molecule has 0 aromatic heterocycles. The average molecular weight is 402 g/mol. The van der Waals surface area contributed by atoms with Gasteiger partial charge in [-0.1, -0.05) is 13.8 Å². The second kappa shape index (κ2) is 7.10. The zero-order valence-corrected chi connectivity index (χ0v) is 16.5. The highest BCUT2D eigenvalue weighted by Gasteiger charge is 2.78. The van der Waals surface area contributed by atoms with Gasteiger partial charge in [-0.3, -0.25) is 4.79 Å². The van der Waals surface area contributed by atoms with Gasteiger partial charge in [-0.15, -0.1) is 0 Å². The van der Waals surface area contributed by atoms with E-state index in [1.165, 1.54) is 13.0 Å². The van der Waals surface area contributed by atoms with Gasteiger partial charge in [0.1, 0.15) is 35.6 Å². The van der Waals surface area contributed by atoms with Crippen molar-refractivity contribution in [3.8, 4) is 0 Å². The van der Waals surface area contributed by atoms with E-state index in [0.717, 1.165) is 0 Å². The van der Waals surface area contributed by atoms with Gasteiger partial charge in [0.05, 0.1) is 18.8 Å². The van der Waals surface area contributed by atoms with Crippen molar-refractivity contribution in [2.75, 3.05) is 6.61 Å². The molecule has 160 valence electrons. The molecule has 0 spiro atoms. The summed E-state index contributed by atoms with van der Waals surface area (Å²) >= 11 is 0. The summed E-state index contributed by atoms with van der Waals surface area (Å²) in [5, 5.41) is 50.3. The number of carbonyl (C=O) groups is 1. The Morgan fingerprint density at radius 3 is 2.36 bits per heavy atom. The monoisotopic (exact) mass is 402 g/mol. The lowest BCUT2D eigenvalue weighted by molar-refractivity contribution is -0.323. The van der Waals surface area contributed by atoms with E-state index in [1.807, 2.05) is 6.92 Å². The fourth-order valence-corrected chi connectivity index (χ4v) is 4.65. The van der Waals surface area contributed by atoms with Crippen LogP contribution in [0.1, 0.15) is 34.1 Å². The van der Waals surface area contributed by atoms with Crippen LogP contribution in [0.2, 0.25) is 0 Å². The summed E-state index contributed by atoms with van der Waals surface area (Å²) < 4.78 is 17.2. The van der Waals surface area contributed by atoms with Crippen molar-refractivity contribution in [1.29, 1.82) is 0 Å². The number of hydrogen-bond donors (Lipinski definition) is 5. The number of ketones is 1. The summed E-state index contributed by atoms with van der Waals surface area (Å²) in [7, 11) is 0. The maximum Gasteiger partial charge on any atom is 0.187 e. The Morgan fingerprint density at radius 2 is 1.79 bits per heavy atom. The highest BCUT2D eigenvalue weighted by atomic mass is 16.7. The Bertz CT molecular complexity index is 647. The van der Waals surface area contributed by atoms with Gasteiger partial charge in [-0.25, -0.2) is 0 Å². The summed E-state index contributed by atoms with van der Waals surface area (Å²) in [6.45, 7) is 6.33. The van der Waals surface area contributed by atoms with Gasteiger partial charge < -0.3 is 39.7 Å². The molecule has 9 atom stereocenters. The first-order valence-corrected chi connectivity index (χ1v) is 9.44. The Kier molecular flexibility index (Phi) is 5.53. The third-order valence-corrected chi connectivity index (χ3v) is 6.48. The predicted octanol–water partition coefficient (Wildman–Crippen LogP) is -1.36. The smallest absolute Gasteiger partial charge is 0.187 e. The van der Waals surface area contributed by atoms with Crippen LogP contribution in [0.5, 0.6) is 0 Å². The number of carbonyl (C=O) groups excluding carboxylic acids is 1. The zero-order valence-electron chi connectivity index (χ0n) is 16.5. The van der Waals surface area contributed by atoms with Crippen molar-refractivity contribution >= 4 is 5.78 Å². The highest BCUT2D eigenvalue weighted by Crippen LogP contribution is 2.66. The van der Waals surface area contributed by atoms with Crippen LogP contribution >= 0.6 is 0 Å². The summed E-state index contributed by atoms with van der Waals surface area (Å²) in [5.74, 6) is -0.128. The van der Waals surface area contributed by atoms with E-state index in [1.54, 1.807) is 19.9 Å². The molecule has 0 radical (unpaired) electrons. The van der Waals surface area contributed by atoms with Crippen molar-refractivity contribution in [3.63, 3.8) is 0 Å². The minimum absolute atomic E-state index is 0.128. The second-order valence-corrected chi connectivity index (χ2v) is 8.76. The molecule has 2 aliphatic heterocycles. The van der Waals surface area contributed by atoms with Gasteiger partial charge in [0, 0.05) is 11.8 Å². The first kappa shape index (κ1) is 21.8. The van der Waals surface area contributed by atoms with Crippen LogP contribution in [0.4, 0.5) is 0 Å².